The molecule has 1 nitrogen and oxygen atoms in total. The van der Waals surface area contributed by atoms with E-state index in [0.717, 1.165) is 26.1 Å². The van der Waals surface area contributed by atoms with Crippen LogP contribution in [0.5, 0.6) is 0 Å². The van der Waals surface area contributed by atoms with E-state index in [1.807, 2.05) is 6.92 Å². The Bertz CT molecular complexity index is 147. The van der Waals surface area contributed by atoms with E-state index in [2.05, 4.69) is 27.4 Å². The molecule has 0 atom stereocenters. The van der Waals surface area contributed by atoms with Crippen LogP contribution in [0.1, 0.15) is 47.0 Å². The third-order valence-corrected chi connectivity index (χ3v) is 2.81. The van der Waals surface area contributed by atoms with Gasteiger partial charge in [0, 0.05) is 13.2 Å². The summed E-state index contributed by atoms with van der Waals surface area (Å²) in [6.07, 6.45) is 3.37. The van der Waals surface area contributed by atoms with E-state index in [-0.39, 0.29) is 0 Å². The smallest absolute Gasteiger partial charge is 0.0468 e. The molecule has 1 heteroatoms. The summed E-state index contributed by atoms with van der Waals surface area (Å²) in [5.74, 6) is 0. The van der Waals surface area contributed by atoms with Crippen molar-refractivity contribution in [3.63, 3.8) is 0 Å². The summed E-state index contributed by atoms with van der Waals surface area (Å²) in [6, 6.07) is 0. The maximum absolute atomic E-state index is 5.29. The van der Waals surface area contributed by atoms with Gasteiger partial charge in [0.15, 0.2) is 0 Å². The van der Waals surface area contributed by atoms with Crippen molar-refractivity contribution in [1.29, 1.82) is 0 Å². The van der Waals surface area contributed by atoms with Gasteiger partial charge in [0.2, 0.25) is 0 Å². The fourth-order valence-corrected chi connectivity index (χ4v) is 1.12. The van der Waals surface area contributed by atoms with E-state index in [9.17, 15) is 0 Å². The highest BCUT2D eigenvalue weighted by Gasteiger charge is 2.18. The lowest BCUT2D eigenvalue weighted by Gasteiger charge is -2.25. The van der Waals surface area contributed by atoms with Crippen molar-refractivity contribution in [3.8, 4) is 0 Å². The maximum atomic E-state index is 5.29. The number of allylic oxidation sites excluding steroid dienone is 1. The highest BCUT2D eigenvalue weighted by Crippen LogP contribution is 2.31. The third kappa shape index (κ3) is 5.09. The summed E-state index contributed by atoms with van der Waals surface area (Å²) in [7, 11) is 0. The molecular weight excluding hydrogens is 160 g/mol. The van der Waals surface area contributed by atoms with E-state index < -0.39 is 0 Å². The van der Waals surface area contributed by atoms with Crippen molar-refractivity contribution in [3.05, 3.63) is 12.2 Å². The van der Waals surface area contributed by atoms with Crippen LogP contribution in [-0.2, 0) is 4.74 Å². The highest BCUT2D eigenvalue weighted by atomic mass is 16.5. The van der Waals surface area contributed by atoms with Gasteiger partial charge in [0.25, 0.3) is 0 Å². The van der Waals surface area contributed by atoms with E-state index in [1.165, 1.54) is 12.0 Å². The molecular formula is C12H24O. The Kier molecular flexibility index (Phi) is 6.06. The monoisotopic (exact) mass is 184 g/mol. The summed E-state index contributed by atoms with van der Waals surface area (Å²) >= 11 is 0. The van der Waals surface area contributed by atoms with Crippen LogP contribution in [0.15, 0.2) is 12.2 Å². The van der Waals surface area contributed by atoms with E-state index >= 15 is 0 Å². The lowest BCUT2D eigenvalue weighted by molar-refractivity contribution is 0.144. The zero-order valence-corrected chi connectivity index (χ0v) is 9.65. The summed E-state index contributed by atoms with van der Waals surface area (Å²) in [5, 5.41) is 0. The fourth-order valence-electron chi connectivity index (χ4n) is 1.12. The Morgan fingerprint density at radius 2 is 1.92 bits per heavy atom. The SMILES string of the molecule is C=C(CCCOCC)C(C)(C)CC. The first-order chi connectivity index (χ1) is 6.04. The molecule has 0 aromatic heterocycles. The molecule has 0 bridgehead atoms. The Morgan fingerprint density at radius 1 is 1.31 bits per heavy atom. The topological polar surface area (TPSA) is 9.23 Å². The minimum Gasteiger partial charge on any atom is -0.382 e. The Labute approximate surface area is 83.2 Å². The molecule has 0 aliphatic carbocycles. The number of ether oxygens (including phenoxy) is 1. The molecule has 0 saturated heterocycles. The third-order valence-electron chi connectivity index (χ3n) is 2.81. The van der Waals surface area contributed by atoms with E-state index in [4.69, 9.17) is 4.74 Å². The summed E-state index contributed by atoms with van der Waals surface area (Å²) in [6.45, 7) is 14.6. The van der Waals surface area contributed by atoms with Crippen LogP contribution in [0.4, 0.5) is 0 Å². The molecule has 13 heavy (non-hydrogen) atoms. The average Bonchev–Trinajstić information content (AvgIpc) is 2.12. The second kappa shape index (κ2) is 6.20. The normalized spacial score (nSPS) is 11.7. The van der Waals surface area contributed by atoms with Crippen molar-refractivity contribution in [1.82, 2.24) is 0 Å². The first kappa shape index (κ1) is 12.7. The predicted molar refractivity (Wildman–Crippen MR) is 58.9 cm³/mol. The zero-order chi connectivity index (χ0) is 10.3. The summed E-state index contributed by atoms with van der Waals surface area (Å²) in [4.78, 5) is 0. The molecule has 0 aliphatic heterocycles. The lowest BCUT2D eigenvalue weighted by atomic mass is 9.80. The van der Waals surface area contributed by atoms with Crippen molar-refractivity contribution in [2.45, 2.75) is 47.0 Å². The van der Waals surface area contributed by atoms with Gasteiger partial charge in [0.1, 0.15) is 0 Å². The van der Waals surface area contributed by atoms with Crippen molar-refractivity contribution < 1.29 is 4.74 Å². The lowest BCUT2D eigenvalue weighted by Crippen LogP contribution is -2.13. The Morgan fingerprint density at radius 3 is 2.38 bits per heavy atom. The average molecular weight is 184 g/mol. The molecule has 0 N–H and O–H groups in total. The van der Waals surface area contributed by atoms with Gasteiger partial charge in [-0.05, 0) is 31.6 Å². The Balaban J connectivity index is 3.62. The first-order valence-electron chi connectivity index (χ1n) is 5.30. The molecule has 0 fully saturated rings. The quantitative estimate of drug-likeness (QED) is 0.432. The molecule has 0 aromatic carbocycles. The maximum Gasteiger partial charge on any atom is 0.0468 e. The van der Waals surface area contributed by atoms with Crippen molar-refractivity contribution in [2.75, 3.05) is 13.2 Å². The summed E-state index contributed by atoms with van der Waals surface area (Å²) < 4.78 is 5.29. The standard InChI is InChI=1S/C12H24O/c1-6-12(4,5)11(3)9-8-10-13-7-2/h3,6-10H2,1-2,4-5H3. The second-order valence-electron chi connectivity index (χ2n) is 4.14. The van der Waals surface area contributed by atoms with Crippen molar-refractivity contribution >= 4 is 0 Å². The molecule has 0 radical (unpaired) electrons. The molecule has 0 spiro atoms. The van der Waals surface area contributed by atoms with Crippen LogP contribution in [0.2, 0.25) is 0 Å². The fraction of sp³-hybridized carbons (Fsp3) is 0.833. The van der Waals surface area contributed by atoms with Gasteiger partial charge in [-0.1, -0.05) is 32.9 Å². The largest absolute Gasteiger partial charge is 0.382 e. The molecule has 0 saturated carbocycles. The molecule has 0 aliphatic rings. The number of hydrogen-bond acceptors (Lipinski definition) is 1. The molecule has 0 rings (SSSR count). The first-order valence-corrected chi connectivity index (χ1v) is 5.30. The van der Waals surface area contributed by atoms with E-state index in [1.54, 1.807) is 0 Å². The molecule has 0 unspecified atom stereocenters. The minimum atomic E-state index is 0.298. The zero-order valence-electron chi connectivity index (χ0n) is 9.65. The van der Waals surface area contributed by atoms with E-state index in [0.29, 0.717) is 5.41 Å². The molecule has 0 heterocycles. The van der Waals surface area contributed by atoms with Gasteiger partial charge in [-0.2, -0.15) is 0 Å². The number of rotatable bonds is 7. The van der Waals surface area contributed by atoms with Crippen LogP contribution in [-0.4, -0.2) is 13.2 Å². The van der Waals surface area contributed by atoms with Crippen LogP contribution >= 0.6 is 0 Å². The van der Waals surface area contributed by atoms with Gasteiger partial charge < -0.3 is 4.74 Å². The van der Waals surface area contributed by atoms with Crippen LogP contribution in [0.25, 0.3) is 0 Å². The van der Waals surface area contributed by atoms with Gasteiger partial charge in [0.05, 0.1) is 0 Å². The van der Waals surface area contributed by atoms with Gasteiger partial charge in [-0.25, -0.2) is 0 Å². The van der Waals surface area contributed by atoms with Gasteiger partial charge in [-0.3, -0.25) is 0 Å². The molecule has 0 amide bonds. The van der Waals surface area contributed by atoms with Crippen molar-refractivity contribution in [2.24, 2.45) is 5.41 Å². The minimum absolute atomic E-state index is 0.298. The Hall–Kier alpha value is -0.300. The molecule has 78 valence electrons. The van der Waals surface area contributed by atoms with Crippen LogP contribution in [0.3, 0.4) is 0 Å². The van der Waals surface area contributed by atoms with Crippen LogP contribution < -0.4 is 0 Å². The highest BCUT2D eigenvalue weighted by molar-refractivity contribution is 5.06. The van der Waals surface area contributed by atoms with Gasteiger partial charge in [-0.15, -0.1) is 0 Å². The molecule has 0 aromatic rings. The van der Waals surface area contributed by atoms with Gasteiger partial charge >= 0.3 is 0 Å². The second-order valence-corrected chi connectivity index (χ2v) is 4.14. The predicted octanol–water partition coefficient (Wildman–Crippen LogP) is 3.80. The van der Waals surface area contributed by atoms with Crippen LogP contribution in [0, 0.1) is 5.41 Å². The summed E-state index contributed by atoms with van der Waals surface area (Å²) in [5.41, 5.74) is 1.65. The number of hydrogen-bond donors (Lipinski definition) is 0.